The summed E-state index contributed by atoms with van der Waals surface area (Å²) in [6, 6.07) is -0.148. The summed E-state index contributed by atoms with van der Waals surface area (Å²) in [5.41, 5.74) is 0. The Bertz CT molecular complexity index is 365. The fourth-order valence-corrected chi connectivity index (χ4v) is 3.38. The third-order valence-corrected chi connectivity index (χ3v) is 4.75. The van der Waals surface area contributed by atoms with Crippen molar-refractivity contribution in [2.45, 2.75) is 57.4 Å². The molecular weight excluding hydrogens is 240 g/mol. The standard InChI is InChI=1S/C15H24N2O2/c18-14-8-11-16(9-3-4-12-6-7-12)15(19)13-5-1-2-10-17(13)14/h12-13H,1-11H2. The number of nitrogens with zero attached hydrogens (tertiary/aromatic N) is 2. The Hall–Kier alpha value is -1.06. The zero-order valence-electron chi connectivity index (χ0n) is 11.6. The van der Waals surface area contributed by atoms with Crippen molar-refractivity contribution in [3.05, 3.63) is 0 Å². The molecule has 3 aliphatic rings. The Morgan fingerprint density at radius 2 is 1.89 bits per heavy atom. The van der Waals surface area contributed by atoms with Crippen molar-refractivity contribution >= 4 is 11.8 Å². The van der Waals surface area contributed by atoms with Gasteiger partial charge in [0, 0.05) is 26.1 Å². The van der Waals surface area contributed by atoms with E-state index in [4.69, 9.17) is 0 Å². The van der Waals surface area contributed by atoms with E-state index in [2.05, 4.69) is 0 Å². The molecule has 1 aliphatic carbocycles. The van der Waals surface area contributed by atoms with E-state index in [1.54, 1.807) is 0 Å². The van der Waals surface area contributed by atoms with Crippen LogP contribution < -0.4 is 0 Å². The molecule has 3 fully saturated rings. The van der Waals surface area contributed by atoms with Gasteiger partial charge in [-0.1, -0.05) is 12.8 Å². The number of amides is 2. The Morgan fingerprint density at radius 3 is 2.68 bits per heavy atom. The summed E-state index contributed by atoms with van der Waals surface area (Å²) >= 11 is 0. The monoisotopic (exact) mass is 264 g/mol. The lowest BCUT2D eigenvalue weighted by Crippen LogP contribution is -2.49. The molecule has 0 aromatic carbocycles. The van der Waals surface area contributed by atoms with Crippen LogP contribution in [0.2, 0.25) is 0 Å². The Balaban J connectivity index is 1.60. The largest absolute Gasteiger partial charge is 0.340 e. The molecule has 4 heteroatoms. The van der Waals surface area contributed by atoms with Gasteiger partial charge in [0.15, 0.2) is 0 Å². The molecule has 2 heterocycles. The minimum absolute atomic E-state index is 0.148. The van der Waals surface area contributed by atoms with E-state index in [1.807, 2.05) is 9.80 Å². The second-order valence-electron chi connectivity index (χ2n) is 6.26. The highest BCUT2D eigenvalue weighted by Crippen LogP contribution is 2.33. The molecule has 4 nitrogen and oxygen atoms in total. The van der Waals surface area contributed by atoms with Crippen molar-refractivity contribution in [2.75, 3.05) is 19.6 Å². The zero-order chi connectivity index (χ0) is 13.2. The quantitative estimate of drug-likeness (QED) is 0.776. The van der Waals surface area contributed by atoms with Crippen LogP contribution in [0.3, 0.4) is 0 Å². The molecule has 19 heavy (non-hydrogen) atoms. The summed E-state index contributed by atoms with van der Waals surface area (Å²) in [5, 5.41) is 0. The van der Waals surface area contributed by atoms with Gasteiger partial charge in [0.1, 0.15) is 6.04 Å². The molecule has 3 rings (SSSR count). The van der Waals surface area contributed by atoms with E-state index >= 15 is 0 Å². The van der Waals surface area contributed by atoms with Gasteiger partial charge in [-0.25, -0.2) is 0 Å². The fraction of sp³-hybridized carbons (Fsp3) is 0.867. The molecule has 0 N–H and O–H groups in total. The van der Waals surface area contributed by atoms with Crippen LogP contribution in [0.4, 0.5) is 0 Å². The van der Waals surface area contributed by atoms with Gasteiger partial charge in [0.25, 0.3) is 0 Å². The summed E-state index contributed by atoms with van der Waals surface area (Å²) in [7, 11) is 0. The first kappa shape index (κ1) is 12.9. The molecule has 106 valence electrons. The van der Waals surface area contributed by atoms with Gasteiger partial charge in [0.2, 0.25) is 11.8 Å². The van der Waals surface area contributed by atoms with Gasteiger partial charge < -0.3 is 9.80 Å². The molecule has 0 radical (unpaired) electrons. The molecule has 0 bridgehead atoms. The predicted molar refractivity (Wildman–Crippen MR) is 72.5 cm³/mol. The molecular formula is C15H24N2O2. The van der Waals surface area contributed by atoms with Crippen LogP contribution in [0.25, 0.3) is 0 Å². The van der Waals surface area contributed by atoms with E-state index in [0.29, 0.717) is 13.0 Å². The highest BCUT2D eigenvalue weighted by atomic mass is 16.2. The van der Waals surface area contributed by atoms with Gasteiger partial charge in [-0.05, 0) is 38.0 Å². The summed E-state index contributed by atoms with van der Waals surface area (Å²) < 4.78 is 0. The average Bonchev–Trinajstić information content (AvgIpc) is 3.25. The number of carbonyl (C=O) groups excluding carboxylic acids is 2. The van der Waals surface area contributed by atoms with Gasteiger partial charge in [-0.3, -0.25) is 9.59 Å². The SMILES string of the molecule is O=C1C2CCCCN2C(=O)CCN1CCCC1CC1. The van der Waals surface area contributed by atoms with E-state index in [1.165, 1.54) is 19.3 Å². The number of fused-ring (bicyclic) bond motifs is 1. The Kier molecular flexibility index (Phi) is 3.76. The molecule has 0 spiro atoms. The lowest BCUT2D eigenvalue weighted by molar-refractivity contribution is -0.143. The lowest BCUT2D eigenvalue weighted by atomic mass is 10.0. The van der Waals surface area contributed by atoms with E-state index in [0.717, 1.165) is 44.7 Å². The number of piperidine rings is 1. The van der Waals surface area contributed by atoms with E-state index < -0.39 is 0 Å². The number of hydrogen-bond acceptors (Lipinski definition) is 2. The number of rotatable bonds is 4. The molecule has 0 aromatic heterocycles. The highest BCUT2D eigenvalue weighted by molar-refractivity contribution is 5.90. The minimum Gasteiger partial charge on any atom is -0.340 e. The first-order chi connectivity index (χ1) is 9.25. The number of hydrogen-bond donors (Lipinski definition) is 0. The minimum atomic E-state index is -0.148. The Labute approximate surface area is 115 Å². The van der Waals surface area contributed by atoms with Crippen LogP contribution in [-0.2, 0) is 9.59 Å². The summed E-state index contributed by atoms with van der Waals surface area (Å²) in [4.78, 5) is 28.4. The van der Waals surface area contributed by atoms with Gasteiger partial charge in [-0.15, -0.1) is 0 Å². The smallest absolute Gasteiger partial charge is 0.245 e. The van der Waals surface area contributed by atoms with Crippen LogP contribution in [0.15, 0.2) is 0 Å². The third kappa shape index (κ3) is 2.93. The fourth-order valence-electron chi connectivity index (χ4n) is 3.38. The van der Waals surface area contributed by atoms with Gasteiger partial charge >= 0.3 is 0 Å². The topological polar surface area (TPSA) is 40.6 Å². The lowest BCUT2D eigenvalue weighted by Gasteiger charge is -2.34. The Morgan fingerprint density at radius 1 is 1.05 bits per heavy atom. The van der Waals surface area contributed by atoms with E-state index in [9.17, 15) is 9.59 Å². The molecule has 2 aliphatic heterocycles. The van der Waals surface area contributed by atoms with Gasteiger partial charge in [-0.2, -0.15) is 0 Å². The van der Waals surface area contributed by atoms with Crippen molar-refractivity contribution in [1.29, 1.82) is 0 Å². The maximum absolute atomic E-state index is 12.5. The van der Waals surface area contributed by atoms with Crippen molar-refractivity contribution in [2.24, 2.45) is 5.92 Å². The molecule has 2 amide bonds. The maximum atomic E-state index is 12.5. The maximum Gasteiger partial charge on any atom is 0.245 e. The zero-order valence-corrected chi connectivity index (χ0v) is 11.6. The molecule has 0 aromatic rings. The first-order valence-electron chi connectivity index (χ1n) is 7.84. The summed E-state index contributed by atoms with van der Waals surface area (Å²) in [6.07, 6.45) is 8.64. The van der Waals surface area contributed by atoms with Crippen molar-refractivity contribution in [3.8, 4) is 0 Å². The summed E-state index contributed by atoms with van der Waals surface area (Å²) in [6.45, 7) is 2.27. The van der Waals surface area contributed by atoms with Crippen LogP contribution in [0.1, 0.15) is 51.4 Å². The predicted octanol–water partition coefficient (Wildman–Crippen LogP) is 1.79. The summed E-state index contributed by atoms with van der Waals surface area (Å²) in [5.74, 6) is 1.32. The second kappa shape index (κ2) is 5.51. The van der Waals surface area contributed by atoms with Crippen LogP contribution >= 0.6 is 0 Å². The van der Waals surface area contributed by atoms with Crippen LogP contribution in [-0.4, -0.2) is 47.3 Å². The molecule has 2 saturated heterocycles. The van der Waals surface area contributed by atoms with Crippen molar-refractivity contribution in [3.63, 3.8) is 0 Å². The average molecular weight is 264 g/mol. The number of carbonyl (C=O) groups is 2. The highest BCUT2D eigenvalue weighted by Gasteiger charge is 2.37. The van der Waals surface area contributed by atoms with Gasteiger partial charge in [0.05, 0.1) is 0 Å². The van der Waals surface area contributed by atoms with Crippen LogP contribution in [0, 0.1) is 5.92 Å². The third-order valence-electron chi connectivity index (χ3n) is 4.75. The first-order valence-corrected chi connectivity index (χ1v) is 7.84. The van der Waals surface area contributed by atoms with E-state index in [-0.39, 0.29) is 17.9 Å². The molecule has 1 unspecified atom stereocenters. The van der Waals surface area contributed by atoms with Crippen LogP contribution in [0.5, 0.6) is 0 Å². The molecule has 1 saturated carbocycles. The molecule has 1 atom stereocenters. The van der Waals surface area contributed by atoms with Crippen molar-refractivity contribution in [1.82, 2.24) is 9.80 Å². The second-order valence-corrected chi connectivity index (χ2v) is 6.26. The normalized spacial score (nSPS) is 28.3. The van der Waals surface area contributed by atoms with Crippen molar-refractivity contribution < 1.29 is 9.59 Å².